The third-order valence-corrected chi connectivity index (χ3v) is 7.24. The number of hydrogen-bond donors (Lipinski definition) is 0. The number of hydrogen-bond acceptors (Lipinski definition) is 5. The van der Waals surface area contributed by atoms with Crippen LogP contribution in [0.5, 0.6) is 0 Å². The molecule has 0 saturated carbocycles. The highest BCUT2D eigenvalue weighted by molar-refractivity contribution is 7.89. The number of pyridine rings is 1. The highest BCUT2D eigenvalue weighted by Crippen LogP contribution is 2.20. The molecule has 0 amide bonds. The van der Waals surface area contributed by atoms with Gasteiger partial charge in [0.05, 0.1) is 23.6 Å². The largest absolute Gasteiger partial charge is 0.379 e. The first-order valence-electron chi connectivity index (χ1n) is 10.0. The van der Waals surface area contributed by atoms with E-state index >= 15 is 0 Å². The molecule has 0 bridgehead atoms. The van der Waals surface area contributed by atoms with E-state index in [1.807, 2.05) is 37.3 Å². The van der Waals surface area contributed by atoms with Gasteiger partial charge in [0.15, 0.2) is 5.78 Å². The molecule has 0 N–H and O–H groups in total. The fourth-order valence-electron chi connectivity index (χ4n) is 3.57. The first-order chi connectivity index (χ1) is 14.4. The number of ketones is 1. The minimum atomic E-state index is -3.50. The zero-order valence-electron chi connectivity index (χ0n) is 16.9. The normalized spacial score (nSPS) is 15.4. The topological polar surface area (TPSA) is 76.6 Å². The minimum absolute atomic E-state index is 0.0579. The fraction of sp³-hybridized carbons (Fsp3) is 0.304. The molecule has 0 spiro atoms. The summed E-state index contributed by atoms with van der Waals surface area (Å²) in [5.41, 5.74) is 3.42. The van der Waals surface area contributed by atoms with Crippen molar-refractivity contribution in [3.05, 3.63) is 71.4 Å². The predicted octanol–water partition coefficient (Wildman–Crippen LogP) is 3.38. The van der Waals surface area contributed by atoms with Gasteiger partial charge in [-0.25, -0.2) is 8.42 Å². The number of benzene rings is 2. The number of aromatic nitrogens is 1. The third-order valence-electron chi connectivity index (χ3n) is 5.32. The molecule has 1 saturated heterocycles. The van der Waals surface area contributed by atoms with Gasteiger partial charge in [0, 0.05) is 36.2 Å². The smallest absolute Gasteiger partial charge is 0.243 e. The maximum Gasteiger partial charge on any atom is 0.243 e. The average Bonchev–Trinajstić information content (AvgIpc) is 2.78. The first kappa shape index (κ1) is 20.7. The summed E-state index contributed by atoms with van der Waals surface area (Å²) in [6.07, 6.45) is 0.918. The molecule has 6 nitrogen and oxygen atoms in total. The van der Waals surface area contributed by atoms with Gasteiger partial charge in [0.2, 0.25) is 10.0 Å². The Morgan fingerprint density at radius 3 is 2.50 bits per heavy atom. The molecule has 3 aromatic rings. The molecule has 30 heavy (non-hydrogen) atoms. The van der Waals surface area contributed by atoms with Crippen molar-refractivity contribution in [1.82, 2.24) is 9.29 Å². The van der Waals surface area contributed by atoms with Crippen LogP contribution in [0.25, 0.3) is 10.9 Å². The van der Waals surface area contributed by atoms with Gasteiger partial charge in [-0.05, 0) is 55.3 Å². The summed E-state index contributed by atoms with van der Waals surface area (Å²) in [5, 5.41) is 0.948. The molecule has 0 unspecified atom stereocenters. The molecular formula is C23H24N2O4S. The number of sulfonamides is 1. The van der Waals surface area contributed by atoms with Gasteiger partial charge in [-0.2, -0.15) is 4.31 Å². The summed E-state index contributed by atoms with van der Waals surface area (Å²) in [7, 11) is -3.50. The van der Waals surface area contributed by atoms with E-state index in [0.29, 0.717) is 44.7 Å². The summed E-state index contributed by atoms with van der Waals surface area (Å²) in [6.45, 7) is 3.53. The number of carbonyl (C=O) groups is 1. The highest BCUT2D eigenvalue weighted by Gasteiger charge is 2.26. The lowest BCUT2D eigenvalue weighted by Crippen LogP contribution is -2.40. The Balaban J connectivity index is 1.41. The number of rotatable bonds is 6. The fourth-order valence-corrected chi connectivity index (χ4v) is 4.98. The summed E-state index contributed by atoms with van der Waals surface area (Å²) >= 11 is 0. The van der Waals surface area contributed by atoms with Crippen LogP contribution < -0.4 is 0 Å². The second-order valence-corrected chi connectivity index (χ2v) is 9.38. The van der Waals surface area contributed by atoms with Gasteiger partial charge in [0.25, 0.3) is 0 Å². The summed E-state index contributed by atoms with van der Waals surface area (Å²) < 4.78 is 32.1. The van der Waals surface area contributed by atoms with Gasteiger partial charge in [-0.1, -0.05) is 18.2 Å². The summed E-state index contributed by atoms with van der Waals surface area (Å²) in [6, 6.07) is 16.3. The Hall–Kier alpha value is -2.61. The molecule has 1 aliphatic rings. The van der Waals surface area contributed by atoms with Crippen LogP contribution >= 0.6 is 0 Å². The van der Waals surface area contributed by atoms with Crippen LogP contribution in [0.3, 0.4) is 0 Å². The molecule has 0 radical (unpaired) electrons. The van der Waals surface area contributed by atoms with E-state index < -0.39 is 10.0 Å². The van der Waals surface area contributed by atoms with E-state index in [2.05, 4.69) is 4.98 Å². The van der Waals surface area contributed by atoms with Crippen LogP contribution in [-0.4, -0.2) is 49.8 Å². The van der Waals surface area contributed by atoms with Gasteiger partial charge >= 0.3 is 0 Å². The lowest BCUT2D eigenvalue weighted by molar-refractivity contribution is 0.0730. The zero-order chi connectivity index (χ0) is 21.1. The Morgan fingerprint density at radius 2 is 1.77 bits per heavy atom. The Kier molecular flexibility index (Phi) is 5.94. The summed E-state index contributed by atoms with van der Waals surface area (Å²) in [5.74, 6) is 0.0579. The molecule has 7 heteroatoms. The van der Waals surface area contributed by atoms with Crippen molar-refractivity contribution in [3.63, 3.8) is 0 Å². The Morgan fingerprint density at radius 1 is 1.03 bits per heavy atom. The first-order valence-corrected chi connectivity index (χ1v) is 11.4. The van der Waals surface area contributed by atoms with E-state index in [-0.39, 0.29) is 10.7 Å². The Labute approximate surface area is 176 Å². The van der Waals surface area contributed by atoms with Crippen LogP contribution in [-0.2, 0) is 21.2 Å². The molecule has 4 rings (SSSR count). The van der Waals surface area contributed by atoms with Crippen LogP contribution in [0.2, 0.25) is 0 Å². The molecule has 0 atom stereocenters. The second-order valence-electron chi connectivity index (χ2n) is 7.44. The number of morpholine rings is 1. The van der Waals surface area contributed by atoms with Crippen molar-refractivity contribution < 1.29 is 17.9 Å². The van der Waals surface area contributed by atoms with Crippen LogP contribution in [0, 0.1) is 6.92 Å². The standard InChI is InChI=1S/C23H24N2O4S/c1-17-2-6-19-16-20(7-10-22(19)24-17)23(26)11-5-18-3-8-21(9-4-18)30(27,28)25-12-14-29-15-13-25/h2-4,6-10,16H,5,11-15H2,1H3. The lowest BCUT2D eigenvalue weighted by atomic mass is 10.0. The van der Waals surface area contributed by atoms with E-state index in [1.54, 1.807) is 24.3 Å². The van der Waals surface area contributed by atoms with E-state index in [4.69, 9.17) is 4.74 Å². The lowest BCUT2D eigenvalue weighted by Gasteiger charge is -2.26. The molecule has 0 aliphatic carbocycles. The quantitative estimate of drug-likeness (QED) is 0.567. The van der Waals surface area contributed by atoms with Crippen molar-refractivity contribution in [2.75, 3.05) is 26.3 Å². The number of Topliss-reactive ketones (excluding diaryl/α,β-unsaturated/α-hetero) is 1. The van der Waals surface area contributed by atoms with Crippen molar-refractivity contribution in [3.8, 4) is 0 Å². The monoisotopic (exact) mass is 424 g/mol. The van der Waals surface area contributed by atoms with Crippen molar-refractivity contribution >= 4 is 26.7 Å². The number of fused-ring (bicyclic) bond motifs is 1. The van der Waals surface area contributed by atoms with Gasteiger partial charge in [0.1, 0.15) is 0 Å². The van der Waals surface area contributed by atoms with Crippen LogP contribution in [0.4, 0.5) is 0 Å². The molecule has 156 valence electrons. The van der Waals surface area contributed by atoms with E-state index in [1.165, 1.54) is 4.31 Å². The third kappa shape index (κ3) is 4.43. The zero-order valence-corrected chi connectivity index (χ0v) is 17.7. The number of nitrogens with zero attached hydrogens (tertiary/aromatic N) is 2. The van der Waals surface area contributed by atoms with Crippen LogP contribution in [0.1, 0.15) is 28.0 Å². The number of aryl methyl sites for hydroxylation is 2. The maximum atomic E-state index is 12.7. The number of carbonyl (C=O) groups excluding carboxylic acids is 1. The van der Waals surface area contributed by atoms with E-state index in [0.717, 1.165) is 22.2 Å². The SMILES string of the molecule is Cc1ccc2cc(C(=O)CCc3ccc(S(=O)(=O)N4CCOCC4)cc3)ccc2n1. The highest BCUT2D eigenvalue weighted by atomic mass is 32.2. The number of ether oxygens (including phenoxy) is 1. The van der Waals surface area contributed by atoms with Crippen molar-refractivity contribution in [1.29, 1.82) is 0 Å². The second kappa shape index (κ2) is 8.63. The van der Waals surface area contributed by atoms with Crippen molar-refractivity contribution in [2.24, 2.45) is 0 Å². The predicted molar refractivity (Wildman–Crippen MR) is 115 cm³/mol. The molecule has 1 aliphatic heterocycles. The molecule has 1 aromatic heterocycles. The van der Waals surface area contributed by atoms with Gasteiger partial charge in [-0.3, -0.25) is 9.78 Å². The minimum Gasteiger partial charge on any atom is -0.379 e. The Bertz CT molecular complexity index is 1170. The van der Waals surface area contributed by atoms with Gasteiger partial charge in [-0.15, -0.1) is 0 Å². The molecule has 2 heterocycles. The summed E-state index contributed by atoms with van der Waals surface area (Å²) in [4.78, 5) is 17.4. The van der Waals surface area contributed by atoms with Crippen molar-refractivity contribution in [2.45, 2.75) is 24.7 Å². The van der Waals surface area contributed by atoms with Crippen LogP contribution in [0.15, 0.2) is 59.5 Å². The molecule has 2 aromatic carbocycles. The van der Waals surface area contributed by atoms with E-state index in [9.17, 15) is 13.2 Å². The van der Waals surface area contributed by atoms with Gasteiger partial charge < -0.3 is 4.74 Å². The molecule has 1 fully saturated rings. The maximum absolute atomic E-state index is 12.7. The average molecular weight is 425 g/mol. The molecular weight excluding hydrogens is 400 g/mol.